The number of anilines is 2. The van der Waals surface area contributed by atoms with Gasteiger partial charge in [-0.25, -0.2) is 0 Å². The van der Waals surface area contributed by atoms with E-state index in [1.165, 1.54) is 7.05 Å². The normalized spacial score (nSPS) is 11.7. The summed E-state index contributed by atoms with van der Waals surface area (Å²) in [6.07, 6.45) is -3.71. The Labute approximate surface area is 115 Å². The van der Waals surface area contributed by atoms with Crippen LogP contribution >= 0.6 is 0 Å². The fourth-order valence-electron chi connectivity index (χ4n) is 1.72. The van der Waals surface area contributed by atoms with Crippen LogP contribution in [0.5, 0.6) is 0 Å². The first-order valence-corrected chi connectivity index (χ1v) is 6.17. The maximum atomic E-state index is 12.1. The number of nitrogens with two attached hydrogens (primary N) is 1. The Morgan fingerprint density at radius 3 is 2.60 bits per heavy atom. The SMILES string of the molecule is CN(CCCC(=O)Nc1ccccc1N)CC(F)(F)F. The second-order valence-electron chi connectivity index (χ2n) is 4.59. The van der Waals surface area contributed by atoms with Crippen molar-refractivity contribution in [2.45, 2.75) is 19.0 Å². The van der Waals surface area contributed by atoms with Crippen LogP contribution in [0.3, 0.4) is 0 Å². The van der Waals surface area contributed by atoms with Crippen LogP contribution in [0.1, 0.15) is 12.8 Å². The lowest BCUT2D eigenvalue weighted by Crippen LogP contribution is -2.32. The first-order chi connectivity index (χ1) is 9.28. The van der Waals surface area contributed by atoms with Crippen molar-refractivity contribution in [1.29, 1.82) is 0 Å². The van der Waals surface area contributed by atoms with E-state index in [2.05, 4.69) is 5.32 Å². The van der Waals surface area contributed by atoms with Gasteiger partial charge < -0.3 is 11.1 Å². The molecule has 1 rings (SSSR count). The van der Waals surface area contributed by atoms with E-state index in [0.717, 1.165) is 4.90 Å². The van der Waals surface area contributed by atoms with Gasteiger partial charge in [-0.2, -0.15) is 13.2 Å². The molecule has 0 unspecified atom stereocenters. The van der Waals surface area contributed by atoms with E-state index in [1.54, 1.807) is 24.3 Å². The topological polar surface area (TPSA) is 58.4 Å². The number of benzene rings is 1. The van der Waals surface area contributed by atoms with E-state index < -0.39 is 12.7 Å². The van der Waals surface area contributed by atoms with Crippen molar-refractivity contribution in [3.8, 4) is 0 Å². The minimum absolute atomic E-state index is 0.149. The summed E-state index contributed by atoms with van der Waals surface area (Å²) < 4.78 is 36.3. The van der Waals surface area contributed by atoms with Crippen LogP contribution in [0.4, 0.5) is 24.5 Å². The molecule has 3 N–H and O–H groups in total. The van der Waals surface area contributed by atoms with Gasteiger partial charge in [0.2, 0.25) is 5.91 Å². The largest absolute Gasteiger partial charge is 0.401 e. The quantitative estimate of drug-likeness (QED) is 0.791. The molecular weight excluding hydrogens is 271 g/mol. The average Bonchev–Trinajstić information content (AvgIpc) is 2.29. The molecule has 0 saturated heterocycles. The number of nitrogen functional groups attached to an aromatic ring is 1. The summed E-state index contributed by atoms with van der Waals surface area (Å²) in [5.41, 5.74) is 6.64. The Bertz CT molecular complexity index is 449. The molecule has 20 heavy (non-hydrogen) atoms. The first-order valence-electron chi connectivity index (χ1n) is 6.17. The van der Waals surface area contributed by atoms with Gasteiger partial charge in [0.25, 0.3) is 0 Å². The van der Waals surface area contributed by atoms with Crippen LogP contribution in [-0.2, 0) is 4.79 Å². The molecule has 0 aliphatic rings. The number of halogens is 3. The zero-order valence-electron chi connectivity index (χ0n) is 11.2. The van der Waals surface area contributed by atoms with Crippen molar-refractivity contribution >= 4 is 17.3 Å². The lowest BCUT2D eigenvalue weighted by molar-refractivity contribution is -0.143. The van der Waals surface area contributed by atoms with Crippen molar-refractivity contribution in [2.24, 2.45) is 0 Å². The van der Waals surface area contributed by atoms with Gasteiger partial charge in [-0.05, 0) is 32.1 Å². The molecule has 0 heterocycles. The zero-order chi connectivity index (χ0) is 15.2. The summed E-state index contributed by atoms with van der Waals surface area (Å²) in [5, 5.41) is 2.63. The monoisotopic (exact) mass is 289 g/mol. The van der Waals surface area contributed by atoms with E-state index in [1.807, 2.05) is 0 Å². The number of hydrogen-bond acceptors (Lipinski definition) is 3. The molecule has 0 aliphatic carbocycles. The average molecular weight is 289 g/mol. The summed E-state index contributed by atoms with van der Waals surface area (Å²) in [5.74, 6) is -0.261. The van der Waals surface area contributed by atoms with Gasteiger partial charge in [0.1, 0.15) is 0 Å². The molecule has 0 atom stereocenters. The Hall–Kier alpha value is -1.76. The number of amides is 1. The Morgan fingerprint density at radius 1 is 1.35 bits per heavy atom. The first kappa shape index (κ1) is 16.3. The minimum Gasteiger partial charge on any atom is -0.397 e. The standard InChI is InChI=1S/C13H18F3N3O/c1-19(9-13(14,15)16)8-4-7-12(20)18-11-6-3-2-5-10(11)17/h2-3,5-6H,4,7-9,17H2,1H3,(H,18,20). The molecule has 0 radical (unpaired) electrons. The van der Waals surface area contributed by atoms with Crippen LogP contribution in [0.15, 0.2) is 24.3 Å². The van der Waals surface area contributed by atoms with Gasteiger partial charge in [0.15, 0.2) is 0 Å². The maximum Gasteiger partial charge on any atom is 0.401 e. The fourth-order valence-corrected chi connectivity index (χ4v) is 1.72. The van der Waals surface area contributed by atoms with E-state index in [9.17, 15) is 18.0 Å². The minimum atomic E-state index is -4.21. The molecule has 0 saturated carbocycles. The van der Waals surface area contributed by atoms with Crippen molar-refractivity contribution in [1.82, 2.24) is 4.90 Å². The summed E-state index contributed by atoms with van der Waals surface area (Å²) in [7, 11) is 1.38. The van der Waals surface area contributed by atoms with Crippen molar-refractivity contribution in [3.63, 3.8) is 0 Å². The van der Waals surface area contributed by atoms with Crippen molar-refractivity contribution < 1.29 is 18.0 Å². The van der Waals surface area contributed by atoms with E-state index in [4.69, 9.17) is 5.73 Å². The third-order valence-corrected chi connectivity index (χ3v) is 2.63. The second kappa shape index (κ2) is 7.14. The van der Waals surface area contributed by atoms with Gasteiger partial charge in [0.05, 0.1) is 17.9 Å². The molecule has 0 bridgehead atoms. The smallest absolute Gasteiger partial charge is 0.397 e. The zero-order valence-corrected chi connectivity index (χ0v) is 11.2. The van der Waals surface area contributed by atoms with Crippen LogP contribution in [0.25, 0.3) is 0 Å². The van der Waals surface area contributed by atoms with Crippen molar-refractivity contribution in [3.05, 3.63) is 24.3 Å². The second-order valence-corrected chi connectivity index (χ2v) is 4.59. The highest BCUT2D eigenvalue weighted by Gasteiger charge is 2.28. The van der Waals surface area contributed by atoms with Gasteiger partial charge in [-0.15, -0.1) is 0 Å². The highest BCUT2D eigenvalue weighted by molar-refractivity contribution is 5.93. The molecule has 1 aromatic carbocycles. The Kier molecular flexibility index (Phi) is 5.82. The van der Waals surface area contributed by atoms with Gasteiger partial charge >= 0.3 is 6.18 Å². The number of carbonyl (C=O) groups is 1. The van der Waals surface area contributed by atoms with Crippen LogP contribution in [0.2, 0.25) is 0 Å². The number of carbonyl (C=O) groups excluding carboxylic acids is 1. The maximum absolute atomic E-state index is 12.1. The number of alkyl halides is 3. The molecule has 0 aromatic heterocycles. The molecule has 0 fully saturated rings. The van der Waals surface area contributed by atoms with E-state index in [0.29, 0.717) is 17.8 Å². The molecule has 7 heteroatoms. The van der Waals surface area contributed by atoms with Gasteiger partial charge in [0, 0.05) is 6.42 Å². The molecule has 112 valence electrons. The molecule has 0 spiro atoms. The number of para-hydroxylation sites is 2. The summed E-state index contributed by atoms with van der Waals surface area (Å²) >= 11 is 0. The fraction of sp³-hybridized carbons (Fsp3) is 0.462. The lowest BCUT2D eigenvalue weighted by atomic mass is 10.2. The number of rotatable bonds is 6. The molecule has 1 amide bonds. The predicted molar refractivity (Wildman–Crippen MR) is 72.3 cm³/mol. The lowest BCUT2D eigenvalue weighted by Gasteiger charge is -2.18. The molecule has 1 aromatic rings. The molecular formula is C13H18F3N3O. The summed E-state index contributed by atoms with van der Waals surface area (Å²) in [4.78, 5) is 12.8. The third kappa shape index (κ3) is 6.42. The molecule has 0 aliphatic heterocycles. The summed E-state index contributed by atoms with van der Waals surface area (Å²) in [6.45, 7) is -0.766. The van der Waals surface area contributed by atoms with Crippen LogP contribution in [0, 0.1) is 0 Å². The van der Waals surface area contributed by atoms with E-state index >= 15 is 0 Å². The van der Waals surface area contributed by atoms with Gasteiger partial charge in [-0.3, -0.25) is 9.69 Å². The van der Waals surface area contributed by atoms with E-state index in [-0.39, 0.29) is 18.9 Å². The Balaban J connectivity index is 2.29. The van der Waals surface area contributed by atoms with Crippen molar-refractivity contribution in [2.75, 3.05) is 31.2 Å². The number of hydrogen-bond donors (Lipinski definition) is 2. The summed E-state index contributed by atoms with van der Waals surface area (Å²) in [6, 6.07) is 6.82. The number of nitrogens with one attached hydrogen (secondary N) is 1. The molecule has 4 nitrogen and oxygen atoms in total. The highest BCUT2D eigenvalue weighted by Crippen LogP contribution is 2.17. The van der Waals surface area contributed by atoms with Crippen LogP contribution < -0.4 is 11.1 Å². The highest BCUT2D eigenvalue weighted by atomic mass is 19.4. The third-order valence-electron chi connectivity index (χ3n) is 2.63. The van der Waals surface area contributed by atoms with Crippen LogP contribution in [-0.4, -0.2) is 37.1 Å². The Morgan fingerprint density at radius 2 is 2.00 bits per heavy atom. The van der Waals surface area contributed by atoms with Gasteiger partial charge in [-0.1, -0.05) is 12.1 Å². The predicted octanol–water partition coefficient (Wildman–Crippen LogP) is 2.48. The number of nitrogens with zero attached hydrogens (tertiary/aromatic N) is 1.